The summed E-state index contributed by atoms with van der Waals surface area (Å²) in [5, 5.41) is 18.3. The van der Waals surface area contributed by atoms with Crippen molar-refractivity contribution < 1.29 is 14.4 Å². The third-order valence-corrected chi connectivity index (χ3v) is 2.49. The smallest absolute Gasteiger partial charge is 0.315 e. The summed E-state index contributed by atoms with van der Waals surface area (Å²) >= 11 is 0. The third-order valence-electron chi connectivity index (χ3n) is 2.49. The highest BCUT2D eigenvalue weighted by molar-refractivity contribution is 5.74. The van der Waals surface area contributed by atoms with Crippen molar-refractivity contribution in [1.82, 2.24) is 15.8 Å². The molecule has 1 aromatic heterocycles. The zero-order valence-corrected chi connectivity index (χ0v) is 10.2. The molecule has 1 rings (SSSR count). The Morgan fingerprint density at radius 1 is 1.65 bits per heavy atom. The van der Waals surface area contributed by atoms with Gasteiger partial charge in [0.2, 0.25) is 0 Å². The monoisotopic (exact) mass is 241 g/mol. The first-order valence-electron chi connectivity index (χ1n) is 5.66. The van der Waals surface area contributed by atoms with Crippen LogP contribution in [0.5, 0.6) is 0 Å². The largest absolute Gasteiger partial charge is 0.394 e. The van der Waals surface area contributed by atoms with Gasteiger partial charge in [-0.05, 0) is 13.3 Å². The number of amides is 2. The van der Waals surface area contributed by atoms with Crippen molar-refractivity contribution in [2.45, 2.75) is 38.8 Å². The van der Waals surface area contributed by atoms with E-state index in [2.05, 4.69) is 20.3 Å². The summed E-state index contributed by atoms with van der Waals surface area (Å²) in [6.07, 6.45) is 3.06. The molecule has 0 aliphatic heterocycles. The number of urea groups is 1. The molecule has 2 amide bonds. The molecule has 1 atom stereocenters. The number of aliphatic hydroxyl groups is 1. The number of hydrogen-bond donors (Lipinski definition) is 3. The van der Waals surface area contributed by atoms with Crippen molar-refractivity contribution in [3.05, 3.63) is 18.0 Å². The molecule has 0 spiro atoms. The predicted octanol–water partition coefficient (Wildman–Crippen LogP) is 1.02. The van der Waals surface area contributed by atoms with Gasteiger partial charge >= 0.3 is 6.03 Å². The van der Waals surface area contributed by atoms with Crippen molar-refractivity contribution in [3.63, 3.8) is 0 Å². The average molecular weight is 241 g/mol. The molecule has 3 N–H and O–H groups in total. The van der Waals surface area contributed by atoms with E-state index >= 15 is 0 Å². The van der Waals surface area contributed by atoms with Crippen LogP contribution >= 0.6 is 0 Å². The first kappa shape index (κ1) is 13.5. The Morgan fingerprint density at radius 2 is 2.41 bits per heavy atom. The highest BCUT2D eigenvalue weighted by Crippen LogP contribution is 2.10. The van der Waals surface area contributed by atoms with Gasteiger partial charge in [0.15, 0.2) is 0 Å². The van der Waals surface area contributed by atoms with Crippen LogP contribution in [-0.4, -0.2) is 28.4 Å². The fourth-order valence-electron chi connectivity index (χ4n) is 1.55. The van der Waals surface area contributed by atoms with Crippen molar-refractivity contribution in [2.24, 2.45) is 0 Å². The molecule has 1 aromatic rings. The Kier molecular flexibility index (Phi) is 4.96. The van der Waals surface area contributed by atoms with E-state index in [0.717, 1.165) is 12.8 Å². The van der Waals surface area contributed by atoms with E-state index in [-0.39, 0.29) is 12.6 Å². The van der Waals surface area contributed by atoms with Gasteiger partial charge in [0.25, 0.3) is 0 Å². The van der Waals surface area contributed by atoms with Crippen LogP contribution in [0.15, 0.2) is 16.9 Å². The van der Waals surface area contributed by atoms with Crippen LogP contribution in [-0.2, 0) is 6.54 Å². The number of aliphatic hydroxyl groups excluding tert-OH is 1. The Morgan fingerprint density at radius 3 is 2.94 bits per heavy atom. The molecule has 17 heavy (non-hydrogen) atoms. The standard InChI is InChI=1S/C11H19N3O3/c1-3-5-11(2,8-15)13-10(16)12-7-9-4-6-17-14-9/h4,6,15H,3,5,7-8H2,1-2H3,(H2,12,13,16). The predicted molar refractivity (Wildman–Crippen MR) is 62.3 cm³/mol. The zero-order valence-electron chi connectivity index (χ0n) is 10.2. The normalized spacial score (nSPS) is 14.1. The topological polar surface area (TPSA) is 87.4 Å². The van der Waals surface area contributed by atoms with Gasteiger partial charge in [-0.1, -0.05) is 18.5 Å². The fraction of sp³-hybridized carbons (Fsp3) is 0.636. The van der Waals surface area contributed by atoms with Crippen molar-refractivity contribution in [2.75, 3.05) is 6.61 Å². The quantitative estimate of drug-likeness (QED) is 0.694. The molecule has 1 unspecified atom stereocenters. The van der Waals surface area contributed by atoms with Gasteiger partial charge in [-0.3, -0.25) is 0 Å². The maximum Gasteiger partial charge on any atom is 0.315 e. The highest BCUT2D eigenvalue weighted by atomic mass is 16.5. The van der Waals surface area contributed by atoms with Gasteiger partial charge in [0.1, 0.15) is 12.0 Å². The molecule has 0 aromatic carbocycles. The zero-order chi connectivity index (χ0) is 12.7. The van der Waals surface area contributed by atoms with Gasteiger partial charge in [-0.2, -0.15) is 0 Å². The van der Waals surface area contributed by atoms with E-state index in [9.17, 15) is 9.90 Å². The molecule has 96 valence electrons. The van der Waals surface area contributed by atoms with Crippen LogP contribution in [0.3, 0.4) is 0 Å². The molecule has 6 nitrogen and oxygen atoms in total. The summed E-state index contributed by atoms with van der Waals surface area (Å²) in [7, 11) is 0. The van der Waals surface area contributed by atoms with Crippen molar-refractivity contribution >= 4 is 6.03 Å². The number of nitrogens with one attached hydrogen (secondary N) is 2. The molecule has 0 aliphatic rings. The van der Waals surface area contributed by atoms with Gasteiger partial charge in [-0.15, -0.1) is 0 Å². The number of nitrogens with zero attached hydrogens (tertiary/aromatic N) is 1. The summed E-state index contributed by atoms with van der Waals surface area (Å²) in [4.78, 5) is 11.6. The Hall–Kier alpha value is -1.56. The second-order valence-electron chi connectivity index (χ2n) is 4.27. The number of carbonyl (C=O) groups is 1. The lowest BCUT2D eigenvalue weighted by molar-refractivity contribution is 0.163. The molecule has 0 aliphatic carbocycles. The maximum absolute atomic E-state index is 11.6. The fourth-order valence-corrected chi connectivity index (χ4v) is 1.55. The Balaban J connectivity index is 2.37. The molecule has 6 heteroatoms. The molecule has 0 radical (unpaired) electrons. The minimum Gasteiger partial charge on any atom is -0.394 e. The Bertz CT molecular complexity index is 340. The van der Waals surface area contributed by atoms with Gasteiger partial charge in [0.05, 0.1) is 18.7 Å². The molecule has 0 saturated heterocycles. The molecule has 0 saturated carbocycles. The number of rotatable bonds is 6. The minimum absolute atomic E-state index is 0.0851. The molecule has 1 heterocycles. The summed E-state index contributed by atoms with van der Waals surface area (Å²) in [5.74, 6) is 0. The van der Waals surface area contributed by atoms with Crippen molar-refractivity contribution in [1.29, 1.82) is 0 Å². The number of carbonyl (C=O) groups excluding carboxylic acids is 1. The molecular weight excluding hydrogens is 222 g/mol. The van der Waals surface area contributed by atoms with Gasteiger partial charge in [-0.25, -0.2) is 4.79 Å². The van der Waals surface area contributed by atoms with Crippen LogP contribution < -0.4 is 10.6 Å². The molecule has 0 fully saturated rings. The van der Waals surface area contributed by atoms with Crippen molar-refractivity contribution in [3.8, 4) is 0 Å². The first-order chi connectivity index (χ1) is 8.09. The van der Waals surface area contributed by atoms with E-state index in [1.54, 1.807) is 6.07 Å². The molecule has 0 bridgehead atoms. The summed E-state index contributed by atoms with van der Waals surface area (Å²) in [5.41, 5.74) is 0.0733. The minimum atomic E-state index is -0.581. The average Bonchev–Trinajstić information content (AvgIpc) is 2.79. The molecular formula is C11H19N3O3. The van der Waals surface area contributed by atoms with Crippen LogP contribution in [0.25, 0.3) is 0 Å². The lowest BCUT2D eigenvalue weighted by Gasteiger charge is -2.28. The van der Waals surface area contributed by atoms with E-state index in [4.69, 9.17) is 0 Å². The Labute approximate surface area is 100 Å². The lowest BCUT2D eigenvalue weighted by Crippen LogP contribution is -2.52. The van der Waals surface area contributed by atoms with Gasteiger partial charge < -0.3 is 20.3 Å². The second kappa shape index (κ2) is 6.24. The summed E-state index contributed by atoms with van der Waals surface area (Å²) < 4.78 is 4.65. The number of aromatic nitrogens is 1. The highest BCUT2D eigenvalue weighted by Gasteiger charge is 2.24. The van der Waals surface area contributed by atoms with Gasteiger partial charge in [0, 0.05) is 6.07 Å². The van der Waals surface area contributed by atoms with E-state index in [1.807, 2.05) is 13.8 Å². The van der Waals surface area contributed by atoms with Crippen LogP contribution in [0, 0.1) is 0 Å². The van der Waals surface area contributed by atoms with E-state index in [0.29, 0.717) is 12.2 Å². The summed E-state index contributed by atoms with van der Waals surface area (Å²) in [6, 6.07) is 1.36. The second-order valence-corrected chi connectivity index (χ2v) is 4.27. The lowest BCUT2D eigenvalue weighted by atomic mass is 9.98. The van der Waals surface area contributed by atoms with Crippen LogP contribution in [0.1, 0.15) is 32.4 Å². The van der Waals surface area contributed by atoms with E-state index in [1.165, 1.54) is 6.26 Å². The van der Waals surface area contributed by atoms with Crippen LogP contribution in [0.2, 0.25) is 0 Å². The third kappa shape index (κ3) is 4.44. The maximum atomic E-state index is 11.6. The first-order valence-corrected chi connectivity index (χ1v) is 5.66. The number of hydrogen-bond acceptors (Lipinski definition) is 4. The summed E-state index contributed by atoms with van der Waals surface area (Å²) in [6.45, 7) is 4.03. The van der Waals surface area contributed by atoms with E-state index < -0.39 is 5.54 Å². The van der Waals surface area contributed by atoms with Crippen LogP contribution in [0.4, 0.5) is 4.79 Å². The SMILES string of the molecule is CCCC(C)(CO)NC(=O)NCc1ccon1.